The summed E-state index contributed by atoms with van der Waals surface area (Å²) in [5.74, 6) is -2.45. The second kappa shape index (κ2) is 9.44. The summed E-state index contributed by atoms with van der Waals surface area (Å²) in [6.45, 7) is 2.14. The van der Waals surface area contributed by atoms with Crippen LogP contribution in [0, 0.1) is 0 Å². The molecular weight excluding hydrogens is 424 g/mol. The molecule has 1 aliphatic rings. The Bertz CT molecular complexity index is 1080. The Morgan fingerprint density at radius 2 is 1.71 bits per heavy atom. The normalized spacial score (nSPS) is 13.5. The molecular formula is C22H19ClN2O6. The first-order valence-electron chi connectivity index (χ1n) is 9.38. The molecule has 2 aromatic rings. The number of nitrogens with zero attached hydrogens (tertiary/aromatic N) is 1. The molecule has 0 aliphatic carbocycles. The predicted octanol–water partition coefficient (Wildman–Crippen LogP) is 3.48. The van der Waals surface area contributed by atoms with Gasteiger partial charge in [0, 0.05) is 5.69 Å². The van der Waals surface area contributed by atoms with Crippen LogP contribution in [0.2, 0.25) is 0 Å². The van der Waals surface area contributed by atoms with Crippen LogP contribution in [0.4, 0.5) is 11.4 Å². The smallest absolute Gasteiger partial charge is 0.338 e. The van der Waals surface area contributed by atoms with Crippen molar-refractivity contribution in [3.05, 3.63) is 70.4 Å². The number of nitrogens with one attached hydrogen (secondary N) is 1. The topological polar surface area (TPSA) is 102 Å². The summed E-state index contributed by atoms with van der Waals surface area (Å²) < 4.78 is 9.74. The van der Waals surface area contributed by atoms with Crippen LogP contribution in [0.3, 0.4) is 0 Å². The lowest BCUT2D eigenvalue weighted by Gasteiger charge is -2.16. The summed E-state index contributed by atoms with van der Waals surface area (Å²) in [7, 11) is 1.27. The SMILES string of the molecule is CCCOC(=O)c1cccc(N2C(=O)C(Cl)=C(Nc3ccc(C(=O)OC)cc3)C2=O)c1. The number of rotatable bonds is 7. The van der Waals surface area contributed by atoms with Gasteiger partial charge < -0.3 is 14.8 Å². The fourth-order valence-electron chi connectivity index (χ4n) is 2.85. The van der Waals surface area contributed by atoms with E-state index < -0.39 is 23.8 Å². The van der Waals surface area contributed by atoms with E-state index in [1.165, 1.54) is 37.4 Å². The minimum Gasteiger partial charge on any atom is -0.465 e. The summed E-state index contributed by atoms with van der Waals surface area (Å²) in [4.78, 5) is 50.1. The van der Waals surface area contributed by atoms with Gasteiger partial charge in [0.05, 0.1) is 30.5 Å². The first kappa shape index (κ1) is 22.0. The summed E-state index contributed by atoms with van der Waals surface area (Å²) >= 11 is 6.13. The number of ether oxygens (including phenoxy) is 2. The lowest BCUT2D eigenvalue weighted by atomic mass is 10.2. The quantitative estimate of drug-likeness (QED) is 0.517. The molecule has 2 amide bonds. The molecule has 2 aromatic carbocycles. The molecule has 8 nitrogen and oxygen atoms in total. The van der Waals surface area contributed by atoms with Crippen molar-refractivity contribution in [2.75, 3.05) is 23.9 Å². The highest BCUT2D eigenvalue weighted by atomic mass is 35.5. The third-order valence-electron chi connectivity index (χ3n) is 4.38. The number of halogens is 1. The number of benzene rings is 2. The van der Waals surface area contributed by atoms with Crippen LogP contribution in [0.15, 0.2) is 59.3 Å². The van der Waals surface area contributed by atoms with Gasteiger partial charge in [-0.1, -0.05) is 24.6 Å². The Kier molecular flexibility index (Phi) is 6.71. The molecule has 0 aromatic heterocycles. The van der Waals surface area contributed by atoms with E-state index in [-0.39, 0.29) is 28.6 Å². The predicted molar refractivity (Wildman–Crippen MR) is 114 cm³/mol. The fourth-order valence-corrected chi connectivity index (χ4v) is 3.06. The van der Waals surface area contributed by atoms with E-state index in [0.29, 0.717) is 17.7 Å². The van der Waals surface area contributed by atoms with Gasteiger partial charge in [-0.05, 0) is 48.9 Å². The maximum absolute atomic E-state index is 12.9. The maximum Gasteiger partial charge on any atom is 0.338 e. The highest BCUT2D eigenvalue weighted by Crippen LogP contribution is 2.30. The van der Waals surface area contributed by atoms with Crippen molar-refractivity contribution in [2.24, 2.45) is 0 Å². The van der Waals surface area contributed by atoms with Crippen LogP contribution >= 0.6 is 11.6 Å². The summed E-state index contributed by atoms with van der Waals surface area (Å²) in [6.07, 6.45) is 0.670. The number of anilines is 2. The zero-order valence-corrected chi connectivity index (χ0v) is 17.6. The Morgan fingerprint density at radius 1 is 1.00 bits per heavy atom. The average molecular weight is 443 g/mol. The van der Waals surface area contributed by atoms with E-state index in [0.717, 1.165) is 4.90 Å². The third-order valence-corrected chi connectivity index (χ3v) is 4.73. The molecule has 0 radical (unpaired) electrons. The number of esters is 2. The van der Waals surface area contributed by atoms with Crippen LogP contribution in [0.5, 0.6) is 0 Å². The van der Waals surface area contributed by atoms with Crippen molar-refractivity contribution in [3.63, 3.8) is 0 Å². The standard InChI is InChI=1S/C22H19ClN2O6/c1-3-11-31-22(29)14-5-4-6-16(12-14)25-19(26)17(23)18(20(25)27)24-15-9-7-13(8-10-15)21(28)30-2/h4-10,12,24H,3,11H2,1-2H3. The zero-order valence-electron chi connectivity index (χ0n) is 16.8. The molecule has 9 heteroatoms. The highest BCUT2D eigenvalue weighted by Gasteiger charge is 2.39. The van der Waals surface area contributed by atoms with E-state index in [4.69, 9.17) is 16.3 Å². The molecule has 1 heterocycles. The van der Waals surface area contributed by atoms with Crippen molar-refractivity contribution in [3.8, 4) is 0 Å². The van der Waals surface area contributed by atoms with Crippen LogP contribution in [0.1, 0.15) is 34.1 Å². The second-order valence-corrected chi connectivity index (χ2v) is 6.89. The Morgan fingerprint density at radius 3 is 2.35 bits per heavy atom. The van der Waals surface area contributed by atoms with E-state index in [9.17, 15) is 19.2 Å². The molecule has 0 fully saturated rings. The number of hydrogen-bond donors (Lipinski definition) is 1. The van der Waals surface area contributed by atoms with Gasteiger partial charge in [-0.25, -0.2) is 14.5 Å². The van der Waals surface area contributed by atoms with E-state index >= 15 is 0 Å². The first-order chi connectivity index (χ1) is 14.9. The van der Waals surface area contributed by atoms with E-state index in [1.54, 1.807) is 18.2 Å². The maximum atomic E-state index is 12.9. The zero-order chi connectivity index (χ0) is 22.5. The molecule has 1 N–H and O–H groups in total. The number of carbonyl (C=O) groups is 4. The third kappa shape index (κ3) is 4.59. The van der Waals surface area contributed by atoms with Gasteiger partial charge in [-0.2, -0.15) is 0 Å². The van der Waals surface area contributed by atoms with Crippen LogP contribution in [-0.2, 0) is 19.1 Å². The van der Waals surface area contributed by atoms with Crippen molar-refractivity contribution in [1.29, 1.82) is 0 Å². The fraction of sp³-hybridized carbons (Fsp3) is 0.182. The van der Waals surface area contributed by atoms with Crippen LogP contribution in [0.25, 0.3) is 0 Å². The summed E-state index contributed by atoms with van der Waals surface area (Å²) in [5.41, 5.74) is 1.06. The number of hydrogen-bond acceptors (Lipinski definition) is 7. The monoisotopic (exact) mass is 442 g/mol. The highest BCUT2D eigenvalue weighted by molar-refractivity contribution is 6.53. The van der Waals surface area contributed by atoms with E-state index in [1.807, 2.05) is 6.92 Å². The van der Waals surface area contributed by atoms with Crippen molar-refractivity contribution in [2.45, 2.75) is 13.3 Å². The molecule has 0 bridgehead atoms. The van der Waals surface area contributed by atoms with Crippen LogP contribution < -0.4 is 10.2 Å². The lowest BCUT2D eigenvalue weighted by molar-refractivity contribution is -0.120. The van der Waals surface area contributed by atoms with Crippen LogP contribution in [-0.4, -0.2) is 37.5 Å². The molecule has 0 spiro atoms. The minimum absolute atomic E-state index is 0.114. The molecule has 0 saturated carbocycles. The Hall–Kier alpha value is -3.65. The first-order valence-corrected chi connectivity index (χ1v) is 9.76. The lowest BCUT2D eigenvalue weighted by Crippen LogP contribution is -2.32. The number of methoxy groups -OCH3 is 1. The van der Waals surface area contributed by atoms with Gasteiger partial charge in [0.1, 0.15) is 10.7 Å². The second-order valence-electron chi connectivity index (χ2n) is 6.51. The van der Waals surface area contributed by atoms with Gasteiger partial charge >= 0.3 is 11.9 Å². The van der Waals surface area contributed by atoms with Crippen molar-refractivity contribution >= 4 is 46.7 Å². The van der Waals surface area contributed by atoms with Gasteiger partial charge in [0.15, 0.2) is 0 Å². The van der Waals surface area contributed by atoms with Crippen molar-refractivity contribution in [1.82, 2.24) is 0 Å². The molecule has 160 valence electrons. The van der Waals surface area contributed by atoms with Gasteiger partial charge in [-0.3, -0.25) is 9.59 Å². The number of carbonyl (C=O) groups excluding carboxylic acids is 4. The van der Waals surface area contributed by atoms with Crippen molar-refractivity contribution < 1.29 is 28.7 Å². The van der Waals surface area contributed by atoms with Gasteiger partial charge in [0.25, 0.3) is 11.8 Å². The Labute approximate surface area is 183 Å². The molecule has 0 unspecified atom stereocenters. The molecule has 0 atom stereocenters. The average Bonchev–Trinajstić information content (AvgIpc) is 3.00. The van der Waals surface area contributed by atoms with E-state index in [2.05, 4.69) is 10.1 Å². The Balaban J connectivity index is 1.81. The number of imide groups is 1. The minimum atomic E-state index is -0.723. The van der Waals surface area contributed by atoms with Gasteiger partial charge in [0.2, 0.25) is 0 Å². The largest absolute Gasteiger partial charge is 0.465 e. The molecule has 31 heavy (non-hydrogen) atoms. The summed E-state index contributed by atoms with van der Waals surface area (Å²) in [5, 5.41) is 2.52. The number of amides is 2. The molecule has 3 rings (SSSR count). The summed E-state index contributed by atoms with van der Waals surface area (Å²) in [6, 6.07) is 12.1. The van der Waals surface area contributed by atoms with Gasteiger partial charge in [-0.15, -0.1) is 0 Å². The molecule has 0 saturated heterocycles. The molecule has 1 aliphatic heterocycles.